The van der Waals surface area contributed by atoms with Gasteiger partial charge in [-0.3, -0.25) is 9.59 Å². The Balaban J connectivity index is 4.87. The number of nitrogens with two attached hydrogens (primary N) is 1. The molecule has 6 heteroatoms. The van der Waals surface area contributed by atoms with E-state index in [1.165, 1.54) is 0 Å². The highest BCUT2D eigenvalue weighted by Crippen LogP contribution is 2.27. The van der Waals surface area contributed by atoms with Gasteiger partial charge in [-0.1, -0.05) is 26.1 Å². The minimum atomic E-state index is -0.825. The summed E-state index contributed by atoms with van der Waals surface area (Å²) in [6, 6.07) is 0. The van der Waals surface area contributed by atoms with Gasteiger partial charge in [-0.15, -0.1) is 0 Å². The Morgan fingerprint density at radius 3 is 1.95 bits per heavy atom. The Morgan fingerprint density at radius 1 is 1.16 bits per heavy atom. The zero-order valence-corrected chi connectivity index (χ0v) is 13.2. The van der Waals surface area contributed by atoms with Crippen LogP contribution in [0.25, 0.3) is 0 Å². The molecular weight excluding hydrogens is 262 g/mol. The van der Waals surface area contributed by atoms with Crippen molar-refractivity contribution in [2.45, 2.75) is 40.5 Å². The van der Waals surface area contributed by atoms with E-state index in [-0.39, 0.29) is 23.3 Å². The average molecular weight is 287 g/mol. The van der Waals surface area contributed by atoms with Crippen LogP contribution < -0.4 is 16.4 Å². The molecule has 4 N–H and O–H groups in total. The Kier molecular flexibility index (Phi) is 6.42. The minimum Gasteiger partial charge on any atom is -0.392 e. The summed E-state index contributed by atoms with van der Waals surface area (Å²) >= 11 is 5.02. The fourth-order valence-electron chi connectivity index (χ4n) is 1.92. The first kappa shape index (κ1) is 17.8. The van der Waals surface area contributed by atoms with Crippen LogP contribution in [0.3, 0.4) is 0 Å². The summed E-state index contributed by atoms with van der Waals surface area (Å²) in [4.78, 5) is 24.2. The third-order valence-corrected chi connectivity index (χ3v) is 4.04. The van der Waals surface area contributed by atoms with Gasteiger partial charge in [0.1, 0.15) is 0 Å². The van der Waals surface area contributed by atoms with E-state index in [2.05, 4.69) is 10.6 Å². The van der Waals surface area contributed by atoms with Gasteiger partial charge in [-0.2, -0.15) is 0 Å². The summed E-state index contributed by atoms with van der Waals surface area (Å²) in [6.07, 6.45) is 1.09. The second-order valence-corrected chi connectivity index (χ2v) is 5.74. The third kappa shape index (κ3) is 3.89. The largest absolute Gasteiger partial charge is 0.392 e. The van der Waals surface area contributed by atoms with Crippen molar-refractivity contribution in [2.24, 2.45) is 16.6 Å². The Morgan fingerprint density at radius 2 is 1.63 bits per heavy atom. The summed E-state index contributed by atoms with van der Waals surface area (Å²) in [6.45, 7) is 7.55. The second kappa shape index (κ2) is 6.84. The van der Waals surface area contributed by atoms with Crippen LogP contribution in [0, 0.1) is 10.8 Å². The molecule has 0 saturated carbocycles. The van der Waals surface area contributed by atoms with Crippen molar-refractivity contribution >= 4 is 29.0 Å². The Labute approximate surface area is 120 Å². The maximum atomic E-state index is 12.3. The van der Waals surface area contributed by atoms with E-state index in [9.17, 15) is 9.59 Å². The summed E-state index contributed by atoms with van der Waals surface area (Å²) in [7, 11) is 1.57. The standard InChI is InChI=1S/C13H25N3O2S/c1-6-13(7-2,9(14)19)11(18)16-8-12(3,4)10(17)15-5/h6-8H2,1-5H3,(H2,14,19)(H,15,17)(H,16,18). The number of carbonyl (C=O) groups excluding carboxylic acids is 2. The summed E-state index contributed by atoms with van der Waals surface area (Å²) in [5.74, 6) is -0.330. The molecule has 0 aliphatic rings. The lowest BCUT2D eigenvalue weighted by Crippen LogP contribution is -2.52. The molecule has 0 aromatic rings. The molecular formula is C13H25N3O2S. The molecule has 0 atom stereocenters. The van der Waals surface area contributed by atoms with E-state index in [0.717, 1.165) is 0 Å². The predicted molar refractivity (Wildman–Crippen MR) is 80.7 cm³/mol. The molecule has 110 valence electrons. The molecule has 2 amide bonds. The summed E-state index contributed by atoms with van der Waals surface area (Å²) in [5.41, 5.74) is 4.21. The zero-order valence-electron chi connectivity index (χ0n) is 12.4. The van der Waals surface area contributed by atoms with E-state index in [0.29, 0.717) is 12.8 Å². The van der Waals surface area contributed by atoms with Gasteiger partial charge < -0.3 is 16.4 Å². The second-order valence-electron chi connectivity index (χ2n) is 5.30. The lowest BCUT2D eigenvalue weighted by atomic mass is 9.80. The summed E-state index contributed by atoms with van der Waals surface area (Å²) < 4.78 is 0. The Bertz CT molecular complexity index is 363. The fraction of sp³-hybridized carbons (Fsp3) is 0.769. The van der Waals surface area contributed by atoms with E-state index >= 15 is 0 Å². The molecule has 5 nitrogen and oxygen atoms in total. The molecule has 0 rings (SSSR count). The van der Waals surface area contributed by atoms with Gasteiger partial charge in [0, 0.05) is 13.6 Å². The summed E-state index contributed by atoms with van der Waals surface area (Å²) in [5, 5.41) is 5.37. The van der Waals surface area contributed by atoms with E-state index in [1.807, 2.05) is 13.8 Å². The lowest BCUT2D eigenvalue weighted by Gasteiger charge is -2.31. The van der Waals surface area contributed by atoms with Crippen molar-refractivity contribution in [3.05, 3.63) is 0 Å². The van der Waals surface area contributed by atoms with E-state index in [1.54, 1.807) is 20.9 Å². The topological polar surface area (TPSA) is 84.2 Å². The van der Waals surface area contributed by atoms with Crippen LogP contribution >= 0.6 is 12.2 Å². The molecule has 0 radical (unpaired) electrons. The van der Waals surface area contributed by atoms with Gasteiger partial charge in [-0.25, -0.2) is 0 Å². The molecule has 0 aliphatic carbocycles. The maximum absolute atomic E-state index is 12.3. The third-order valence-electron chi connectivity index (χ3n) is 3.65. The number of amides is 2. The average Bonchev–Trinajstić information content (AvgIpc) is 2.37. The highest BCUT2D eigenvalue weighted by atomic mass is 32.1. The smallest absolute Gasteiger partial charge is 0.233 e. The van der Waals surface area contributed by atoms with Gasteiger partial charge in [0.2, 0.25) is 11.8 Å². The zero-order chi connectivity index (χ0) is 15.3. The first-order valence-electron chi connectivity index (χ1n) is 6.48. The quantitative estimate of drug-likeness (QED) is 0.609. The SMILES string of the molecule is CCC(CC)(C(=O)NCC(C)(C)C(=O)NC)C(N)=S. The lowest BCUT2D eigenvalue weighted by molar-refractivity contribution is -0.131. The van der Waals surface area contributed by atoms with Crippen LogP contribution in [-0.2, 0) is 9.59 Å². The normalized spacial score (nSPS) is 11.8. The molecule has 0 saturated heterocycles. The number of carbonyl (C=O) groups is 2. The molecule has 0 aliphatic heterocycles. The monoisotopic (exact) mass is 287 g/mol. The maximum Gasteiger partial charge on any atom is 0.233 e. The van der Waals surface area contributed by atoms with Gasteiger partial charge in [0.15, 0.2) is 0 Å². The van der Waals surface area contributed by atoms with Gasteiger partial charge >= 0.3 is 0 Å². The van der Waals surface area contributed by atoms with E-state index in [4.69, 9.17) is 18.0 Å². The van der Waals surface area contributed by atoms with Gasteiger partial charge in [-0.05, 0) is 26.7 Å². The first-order chi connectivity index (χ1) is 8.67. The van der Waals surface area contributed by atoms with E-state index < -0.39 is 10.8 Å². The molecule has 0 spiro atoms. The molecule has 19 heavy (non-hydrogen) atoms. The molecule has 0 bridgehead atoms. The molecule has 0 fully saturated rings. The van der Waals surface area contributed by atoms with Crippen molar-refractivity contribution < 1.29 is 9.59 Å². The number of nitrogens with one attached hydrogen (secondary N) is 2. The van der Waals surface area contributed by atoms with Crippen molar-refractivity contribution in [1.82, 2.24) is 10.6 Å². The van der Waals surface area contributed by atoms with Gasteiger partial charge in [0.25, 0.3) is 0 Å². The minimum absolute atomic E-state index is 0.123. The Hall–Kier alpha value is -1.17. The number of hydrogen-bond acceptors (Lipinski definition) is 3. The number of thiocarbonyl (C=S) groups is 1. The van der Waals surface area contributed by atoms with Gasteiger partial charge in [0.05, 0.1) is 15.8 Å². The van der Waals surface area contributed by atoms with Crippen LogP contribution in [0.2, 0.25) is 0 Å². The molecule has 0 aromatic carbocycles. The van der Waals surface area contributed by atoms with Crippen LogP contribution in [0.5, 0.6) is 0 Å². The highest BCUT2D eigenvalue weighted by molar-refractivity contribution is 7.80. The number of rotatable bonds is 7. The fourth-order valence-corrected chi connectivity index (χ4v) is 2.30. The van der Waals surface area contributed by atoms with Crippen LogP contribution in [0.4, 0.5) is 0 Å². The van der Waals surface area contributed by atoms with Crippen molar-refractivity contribution in [3.8, 4) is 0 Å². The first-order valence-corrected chi connectivity index (χ1v) is 6.89. The molecule has 0 aromatic heterocycles. The number of hydrogen-bond donors (Lipinski definition) is 3. The van der Waals surface area contributed by atoms with Crippen LogP contribution in [0.15, 0.2) is 0 Å². The van der Waals surface area contributed by atoms with Crippen LogP contribution in [0.1, 0.15) is 40.5 Å². The van der Waals surface area contributed by atoms with Crippen molar-refractivity contribution in [1.29, 1.82) is 0 Å². The predicted octanol–water partition coefficient (Wildman–Crippen LogP) is 0.967. The molecule has 0 heterocycles. The van der Waals surface area contributed by atoms with Crippen LogP contribution in [-0.4, -0.2) is 30.4 Å². The molecule has 0 unspecified atom stereocenters. The van der Waals surface area contributed by atoms with Crippen molar-refractivity contribution in [3.63, 3.8) is 0 Å². The van der Waals surface area contributed by atoms with Crippen molar-refractivity contribution in [2.75, 3.05) is 13.6 Å². The highest BCUT2D eigenvalue weighted by Gasteiger charge is 2.39.